The summed E-state index contributed by atoms with van der Waals surface area (Å²) in [6, 6.07) is -0.341. The van der Waals surface area contributed by atoms with Crippen molar-refractivity contribution in [2.75, 3.05) is 20.3 Å². The third-order valence-corrected chi connectivity index (χ3v) is 3.84. The summed E-state index contributed by atoms with van der Waals surface area (Å²) in [5, 5.41) is 9.43. The van der Waals surface area contributed by atoms with Gasteiger partial charge < -0.3 is 19.3 Å². The lowest BCUT2D eigenvalue weighted by Crippen LogP contribution is -2.34. The highest BCUT2D eigenvalue weighted by molar-refractivity contribution is 5.87. The maximum absolute atomic E-state index is 12.2. The van der Waals surface area contributed by atoms with Crippen molar-refractivity contribution in [3.8, 4) is 0 Å². The molecule has 0 spiro atoms. The molecule has 2 rings (SSSR count). The fraction of sp³-hybridized carbons (Fsp3) is 0.643. The van der Waals surface area contributed by atoms with E-state index in [0.717, 1.165) is 5.69 Å². The number of ether oxygens (including phenoxy) is 1. The molecule has 0 bridgehead atoms. The SMILES string of the molecule is COCCN1C(=O)CC(C(=O)O)C1c1cncn1C(C)C. The molecule has 2 unspecified atom stereocenters. The molecule has 0 saturated carbocycles. The number of aliphatic carboxylic acids is 1. The topological polar surface area (TPSA) is 84.7 Å². The van der Waals surface area contributed by atoms with Gasteiger partial charge in [0.05, 0.1) is 36.8 Å². The van der Waals surface area contributed by atoms with Gasteiger partial charge in [0, 0.05) is 26.1 Å². The molecule has 2 heterocycles. The van der Waals surface area contributed by atoms with Crippen LogP contribution in [0.1, 0.15) is 38.0 Å². The van der Waals surface area contributed by atoms with Crippen LogP contribution in [-0.4, -0.2) is 51.7 Å². The number of carboxylic acid groups (broad SMARTS) is 1. The molecular weight excluding hydrogens is 274 g/mol. The van der Waals surface area contributed by atoms with Crippen molar-refractivity contribution in [1.29, 1.82) is 0 Å². The van der Waals surface area contributed by atoms with Crippen LogP contribution in [0.25, 0.3) is 0 Å². The molecule has 1 N–H and O–H groups in total. The van der Waals surface area contributed by atoms with Crippen LogP contribution < -0.4 is 0 Å². The summed E-state index contributed by atoms with van der Waals surface area (Å²) in [6.45, 7) is 4.76. The number of amides is 1. The molecule has 1 aliphatic heterocycles. The largest absolute Gasteiger partial charge is 0.481 e. The molecule has 1 aromatic heterocycles. The lowest BCUT2D eigenvalue weighted by Gasteiger charge is -2.28. The summed E-state index contributed by atoms with van der Waals surface area (Å²) in [6.07, 6.45) is 3.35. The van der Waals surface area contributed by atoms with E-state index >= 15 is 0 Å². The average molecular weight is 295 g/mol. The molecule has 1 aromatic rings. The van der Waals surface area contributed by atoms with E-state index in [1.165, 1.54) is 0 Å². The van der Waals surface area contributed by atoms with Crippen molar-refractivity contribution >= 4 is 11.9 Å². The van der Waals surface area contributed by atoms with Crippen LogP contribution in [0.5, 0.6) is 0 Å². The fourth-order valence-corrected chi connectivity index (χ4v) is 2.81. The number of rotatable bonds is 6. The van der Waals surface area contributed by atoms with Crippen LogP contribution in [-0.2, 0) is 14.3 Å². The van der Waals surface area contributed by atoms with Crippen molar-refractivity contribution in [2.24, 2.45) is 5.92 Å². The van der Waals surface area contributed by atoms with E-state index < -0.39 is 17.9 Å². The third kappa shape index (κ3) is 2.92. The molecule has 116 valence electrons. The van der Waals surface area contributed by atoms with Crippen molar-refractivity contribution in [2.45, 2.75) is 32.4 Å². The molecule has 21 heavy (non-hydrogen) atoms. The highest BCUT2D eigenvalue weighted by Gasteiger charge is 2.45. The first-order valence-corrected chi connectivity index (χ1v) is 7.00. The average Bonchev–Trinajstić information content (AvgIpc) is 3.00. The van der Waals surface area contributed by atoms with Gasteiger partial charge in [0.15, 0.2) is 0 Å². The van der Waals surface area contributed by atoms with Crippen molar-refractivity contribution in [3.63, 3.8) is 0 Å². The lowest BCUT2D eigenvalue weighted by atomic mass is 9.97. The predicted molar refractivity (Wildman–Crippen MR) is 74.7 cm³/mol. The van der Waals surface area contributed by atoms with Crippen LogP contribution in [0, 0.1) is 5.92 Å². The van der Waals surface area contributed by atoms with E-state index in [4.69, 9.17) is 4.74 Å². The van der Waals surface area contributed by atoms with E-state index in [0.29, 0.717) is 13.2 Å². The van der Waals surface area contributed by atoms with Crippen LogP contribution in [0.2, 0.25) is 0 Å². The van der Waals surface area contributed by atoms with Crippen LogP contribution in [0.4, 0.5) is 0 Å². The monoisotopic (exact) mass is 295 g/mol. The summed E-state index contributed by atoms with van der Waals surface area (Å²) in [5.74, 6) is -1.85. The third-order valence-electron chi connectivity index (χ3n) is 3.84. The standard InChI is InChI=1S/C14H21N3O4/c1-9(2)17-8-15-7-11(17)13-10(14(19)20)6-12(18)16(13)4-5-21-3/h7-10,13H,4-6H2,1-3H3,(H,19,20). The Hall–Kier alpha value is -1.89. The number of hydrogen-bond acceptors (Lipinski definition) is 4. The van der Waals surface area contributed by atoms with Crippen molar-refractivity contribution in [1.82, 2.24) is 14.5 Å². The highest BCUT2D eigenvalue weighted by Crippen LogP contribution is 2.38. The molecule has 1 amide bonds. The molecule has 0 radical (unpaired) electrons. The Balaban J connectivity index is 2.39. The Morgan fingerprint density at radius 3 is 2.86 bits per heavy atom. The molecule has 7 heteroatoms. The molecule has 1 aliphatic rings. The minimum atomic E-state index is -0.954. The van der Waals surface area contributed by atoms with Gasteiger partial charge in [-0.2, -0.15) is 0 Å². The second kappa shape index (κ2) is 6.26. The highest BCUT2D eigenvalue weighted by atomic mass is 16.5. The second-order valence-corrected chi connectivity index (χ2v) is 5.49. The zero-order valence-electron chi connectivity index (χ0n) is 12.5. The van der Waals surface area contributed by atoms with Crippen LogP contribution >= 0.6 is 0 Å². The number of carbonyl (C=O) groups excluding carboxylic acids is 1. The van der Waals surface area contributed by atoms with Gasteiger partial charge in [-0.05, 0) is 13.8 Å². The van der Waals surface area contributed by atoms with Crippen molar-refractivity contribution < 1.29 is 19.4 Å². The molecular formula is C14H21N3O4. The Labute approximate surface area is 123 Å². The summed E-state index contributed by atoms with van der Waals surface area (Å²) in [5.41, 5.74) is 0.763. The van der Waals surface area contributed by atoms with E-state index in [9.17, 15) is 14.7 Å². The molecule has 2 atom stereocenters. The van der Waals surface area contributed by atoms with Gasteiger partial charge in [0.2, 0.25) is 5.91 Å². The van der Waals surface area contributed by atoms with Crippen LogP contribution in [0.15, 0.2) is 12.5 Å². The van der Waals surface area contributed by atoms with Gasteiger partial charge in [-0.1, -0.05) is 0 Å². The van der Waals surface area contributed by atoms with E-state index in [-0.39, 0.29) is 18.4 Å². The first-order chi connectivity index (χ1) is 9.97. The minimum Gasteiger partial charge on any atom is -0.481 e. The maximum Gasteiger partial charge on any atom is 0.309 e. The number of aromatic nitrogens is 2. The smallest absolute Gasteiger partial charge is 0.309 e. The Morgan fingerprint density at radius 1 is 1.57 bits per heavy atom. The van der Waals surface area contributed by atoms with Gasteiger partial charge in [0.25, 0.3) is 0 Å². The number of carboxylic acids is 1. The molecule has 0 aromatic carbocycles. The molecule has 1 saturated heterocycles. The Bertz CT molecular complexity index is 526. The summed E-state index contributed by atoms with van der Waals surface area (Å²) in [7, 11) is 1.56. The van der Waals surface area contributed by atoms with Gasteiger partial charge in [-0.15, -0.1) is 0 Å². The normalized spacial score (nSPS) is 22.3. The Kier molecular flexibility index (Phi) is 4.62. The van der Waals surface area contributed by atoms with Gasteiger partial charge in [-0.25, -0.2) is 4.98 Å². The van der Waals surface area contributed by atoms with E-state index in [1.807, 2.05) is 18.4 Å². The number of imidazole rings is 1. The van der Waals surface area contributed by atoms with Crippen molar-refractivity contribution in [3.05, 3.63) is 18.2 Å². The fourth-order valence-electron chi connectivity index (χ4n) is 2.81. The minimum absolute atomic E-state index is 0.0208. The summed E-state index contributed by atoms with van der Waals surface area (Å²) < 4.78 is 6.94. The molecule has 7 nitrogen and oxygen atoms in total. The van der Waals surface area contributed by atoms with Gasteiger partial charge in [0.1, 0.15) is 0 Å². The summed E-state index contributed by atoms with van der Waals surface area (Å²) in [4.78, 5) is 29.4. The number of nitrogens with zero attached hydrogens (tertiary/aromatic N) is 3. The van der Waals surface area contributed by atoms with Gasteiger partial charge in [-0.3, -0.25) is 9.59 Å². The zero-order valence-corrected chi connectivity index (χ0v) is 12.5. The second-order valence-electron chi connectivity index (χ2n) is 5.49. The number of hydrogen-bond donors (Lipinski definition) is 1. The molecule has 1 fully saturated rings. The maximum atomic E-state index is 12.2. The Morgan fingerprint density at radius 2 is 2.29 bits per heavy atom. The quantitative estimate of drug-likeness (QED) is 0.849. The zero-order chi connectivity index (χ0) is 15.6. The van der Waals surface area contributed by atoms with E-state index in [1.54, 1.807) is 24.5 Å². The predicted octanol–water partition coefficient (Wildman–Crippen LogP) is 1.08. The lowest BCUT2D eigenvalue weighted by molar-refractivity contribution is -0.142. The number of likely N-dealkylation sites (tertiary alicyclic amines) is 1. The summed E-state index contributed by atoms with van der Waals surface area (Å²) >= 11 is 0. The van der Waals surface area contributed by atoms with E-state index in [2.05, 4.69) is 4.98 Å². The van der Waals surface area contributed by atoms with Gasteiger partial charge >= 0.3 is 5.97 Å². The van der Waals surface area contributed by atoms with Crippen LogP contribution in [0.3, 0.4) is 0 Å². The number of methoxy groups -OCH3 is 1. The first kappa shape index (κ1) is 15.5. The first-order valence-electron chi connectivity index (χ1n) is 7.00. The number of carbonyl (C=O) groups is 2. The molecule has 0 aliphatic carbocycles.